The van der Waals surface area contributed by atoms with E-state index in [2.05, 4.69) is 45.3 Å². The van der Waals surface area contributed by atoms with Crippen LogP contribution in [0.1, 0.15) is 55.0 Å². The van der Waals surface area contributed by atoms with Crippen molar-refractivity contribution in [3.63, 3.8) is 0 Å². The van der Waals surface area contributed by atoms with Gasteiger partial charge in [-0.2, -0.15) is 8.75 Å². The van der Waals surface area contributed by atoms with Crippen LogP contribution in [0.2, 0.25) is 0 Å². The minimum atomic E-state index is 0.166. The average molecular weight is 273 g/mol. The van der Waals surface area contributed by atoms with Crippen LogP contribution in [-0.4, -0.2) is 15.3 Å². The third-order valence-electron chi connectivity index (χ3n) is 3.93. The highest BCUT2D eigenvalue weighted by atomic mass is 32.1. The second-order valence-electron chi connectivity index (χ2n) is 5.12. The number of nitrogens with one attached hydrogen (secondary N) is 1. The first-order chi connectivity index (χ1) is 9.38. The van der Waals surface area contributed by atoms with Crippen LogP contribution in [0.25, 0.3) is 0 Å². The van der Waals surface area contributed by atoms with Crippen LogP contribution in [0.3, 0.4) is 0 Å². The third-order valence-corrected chi connectivity index (χ3v) is 4.42. The van der Waals surface area contributed by atoms with Gasteiger partial charge in [0.25, 0.3) is 0 Å². The van der Waals surface area contributed by atoms with Crippen molar-refractivity contribution in [2.75, 3.05) is 6.54 Å². The zero-order valence-corrected chi connectivity index (χ0v) is 12.0. The predicted molar refractivity (Wildman–Crippen MR) is 78.5 cm³/mol. The maximum Gasteiger partial charge on any atom is 0.0957 e. The Labute approximate surface area is 118 Å². The van der Waals surface area contributed by atoms with Crippen molar-refractivity contribution in [2.45, 2.75) is 38.1 Å². The van der Waals surface area contributed by atoms with Gasteiger partial charge in [-0.05, 0) is 36.4 Å². The molecule has 1 heterocycles. The molecular weight excluding hydrogens is 254 g/mol. The molecule has 0 aliphatic heterocycles. The molecule has 1 saturated carbocycles. The lowest BCUT2D eigenvalue weighted by atomic mass is 9.80. The summed E-state index contributed by atoms with van der Waals surface area (Å²) in [6, 6.07) is 9.20. The Bertz CT molecular complexity index is 503. The molecule has 3 nitrogen and oxygen atoms in total. The molecule has 1 fully saturated rings. The molecule has 4 heteroatoms. The van der Waals surface area contributed by atoms with Crippen LogP contribution < -0.4 is 5.32 Å². The molecule has 1 aromatic heterocycles. The van der Waals surface area contributed by atoms with Crippen LogP contribution >= 0.6 is 11.7 Å². The molecule has 19 heavy (non-hydrogen) atoms. The molecule has 1 aromatic carbocycles. The Morgan fingerprint density at radius 1 is 1.32 bits per heavy atom. The number of aromatic nitrogens is 2. The van der Waals surface area contributed by atoms with Crippen molar-refractivity contribution in [2.24, 2.45) is 0 Å². The van der Waals surface area contributed by atoms with E-state index < -0.39 is 0 Å². The van der Waals surface area contributed by atoms with E-state index in [1.165, 1.54) is 42.1 Å². The highest BCUT2D eigenvalue weighted by molar-refractivity contribution is 6.99. The van der Waals surface area contributed by atoms with Gasteiger partial charge in [0.1, 0.15) is 0 Å². The number of hydrogen-bond donors (Lipinski definition) is 1. The summed E-state index contributed by atoms with van der Waals surface area (Å²) >= 11 is 1.27. The van der Waals surface area contributed by atoms with Crippen molar-refractivity contribution >= 4 is 11.7 Å². The first-order valence-corrected chi connectivity index (χ1v) is 7.72. The van der Waals surface area contributed by atoms with E-state index in [4.69, 9.17) is 0 Å². The van der Waals surface area contributed by atoms with Crippen molar-refractivity contribution in [3.05, 3.63) is 47.3 Å². The maximum atomic E-state index is 4.36. The molecule has 1 aliphatic carbocycles. The molecule has 1 unspecified atom stereocenters. The van der Waals surface area contributed by atoms with E-state index in [9.17, 15) is 0 Å². The lowest BCUT2D eigenvalue weighted by molar-refractivity contribution is 0.419. The highest BCUT2D eigenvalue weighted by Gasteiger charge is 2.20. The van der Waals surface area contributed by atoms with E-state index in [0.29, 0.717) is 0 Å². The van der Waals surface area contributed by atoms with Crippen LogP contribution in [0.15, 0.2) is 30.5 Å². The molecule has 1 atom stereocenters. The van der Waals surface area contributed by atoms with Crippen LogP contribution in [0.4, 0.5) is 0 Å². The Morgan fingerprint density at radius 2 is 2.11 bits per heavy atom. The summed E-state index contributed by atoms with van der Waals surface area (Å²) in [5.41, 5.74) is 3.78. The molecule has 1 aliphatic rings. The van der Waals surface area contributed by atoms with E-state index in [0.717, 1.165) is 18.2 Å². The van der Waals surface area contributed by atoms with Crippen LogP contribution in [0, 0.1) is 0 Å². The summed E-state index contributed by atoms with van der Waals surface area (Å²) in [6.45, 7) is 3.04. The molecular formula is C15H19N3S. The zero-order valence-electron chi connectivity index (χ0n) is 11.2. The van der Waals surface area contributed by atoms with Crippen molar-refractivity contribution in [1.82, 2.24) is 14.1 Å². The summed E-state index contributed by atoms with van der Waals surface area (Å²) in [5.74, 6) is 0.799. The molecule has 0 amide bonds. The third kappa shape index (κ3) is 2.69. The molecule has 1 N–H and O–H groups in total. The number of benzene rings is 1. The SMILES string of the molecule is CCNC(c1ccc(C2CCC2)cc1)c1cnsn1. The first-order valence-electron chi connectivity index (χ1n) is 6.99. The van der Waals surface area contributed by atoms with Gasteiger partial charge < -0.3 is 5.32 Å². The normalized spacial score (nSPS) is 17.1. The van der Waals surface area contributed by atoms with Crippen LogP contribution in [0.5, 0.6) is 0 Å². The van der Waals surface area contributed by atoms with Gasteiger partial charge in [-0.1, -0.05) is 37.6 Å². The molecule has 2 aromatic rings. The van der Waals surface area contributed by atoms with E-state index >= 15 is 0 Å². The number of nitrogens with zero attached hydrogens (tertiary/aromatic N) is 2. The topological polar surface area (TPSA) is 37.8 Å². The lowest BCUT2D eigenvalue weighted by Gasteiger charge is -2.26. The van der Waals surface area contributed by atoms with Gasteiger partial charge >= 0.3 is 0 Å². The molecule has 0 radical (unpaired) electrons. The number of rotatable bonds is 5. The zero-order chi connectivity index (χ0) is 13.1. The van der Waals surface area contributed by atoms with Gasteiger partial charge in [0.2, 0.25) is 0 Å². The summed E-state index contributed by atoms with van der Waals surface area (Å²) in [6.07, 6.45) is 5.95. The molecule has 0 saturated heterocycles. The largest absolute Gasteiger partial charge is 0.305 e. The molecule has 0 bridgehead atoms. The fourth-order valence-corrected chi connectivity index (χ4v) is 3.05. The molecule has 0 spiro atoms. The smallest absolute Gasteiger partial charge is 0.0957 e. The van der Waals surface area contributed by atoms with Crippen molar-refractivity contribution < 1.29 is 0 Å². The van der Waals surface area contributed by atoms with Gasteiger partial charge in [0.05, 0.1) is 29.7 Å². The van der Waals surface area contributed by atoms with Gasteiger partial charge in [0.15, 0.2) is 0 Å². The summed E-state index contributed by atoms with van der Waals surface area (Å²) in [4.78, 5) is 0. The second kappa shape index (κ2) is 5.80. The standard InChI is InChI=1S/C15H19N3S/c1-2-16-15(14-10-17-19-18-14)13-8-6-12(7-9-13)11-4-3-5-11/h6-11,15-16H,2-5H2,1H3. The van der Waals surface area contributed by atoms with Gasteiger partial charge in [-0.15, -0.1) is 0 Å². The number of hydrogen-bond acceptors (Lipinski definition) is 4. The lowest BCUT2D eigenvalue weighted by Crippen LogP contribution is -2.22. The van der Waals surface area contributed by atoms with Crippen molar-refractivity contribution in [3.8, 4) is 0 Å². The first kappa shape index (κ1) is 12.8. The highest BCUT2D eigenvalue weighted by Crippen LogP contribution is 2.36. The van der Waals surface area contributed by atoms with Crippen LogP contribution in [-0.2, 0) is 0 Å². The van der Waals surface area contributed by atoms with E-state index in [1.807, 2.05) is 6.20 Å². The minimum Gasteiger partial charge on any atom is -0.305 e. The minimum absolute atomic E-state index is 0.166. The predicted octanol–water partition coefficient (Wildman–Crippen LogP) is 3.50. The molecule has 3 rings (SSSR count). The van der Waals surface area contributed by atoms with E-state index in [-0.39, 0.29) is 6.04 Å². The monoisotopic (exact) mass is 273 g/mol. The Morgan fingerprint density at radius 3 is 2.63 bits per heavy atom. The van der Waals surface area contributed by atoms with Gasteiger partial charge in [-0.25, -0.2) is 0 Å². The fraction of sp³-hybridized carbons (Fsp3) is 0.467. The second-order valence-corrected chi connectivity index (χ2v) is 5.67. The average Bonchev–Trinajstić information content (AvgIpc) is 2.89. The van der Waals surface area contributed by atoms with Gasteiger partial charge in [0, 0.05) is 0 Å². The summed E-state index contributed by atoms with van der Waals surface area (Å²) < 4.78 is 8.47. The Hall–Kier alpha value is -1.26. The fourth-order valence-electron chi connectivity index (χ4n) is 2.60. The van der Waals surface area contributed by atoms with Crippen molar-refractivity contribution in [1.29, 1.82) is 0 Å². The van der Waals surface area contributed by atoms with E-state index in [1.54, 1.807) is 0 Å². The quantitative estimate of drug-likeness (QED) is 0.906. The summed E-state index contributed by atoms with van der Waals surface area (Å²) in [7, 11) is 0. The molecule has 100 valence electrons. The summed E-state index contributed by atoms with van der Waals surface area (Å²) in [5, 5.41) is 3.48. The Kier molecular flexibility index (Phi) is 3.89. The van der Waals surface area contributed by atoms with Gasteiger partial charge in [-0.3, -0.25) is 0 Å². The maximum absolute atomic E-state index is 4.36. The Balaban J connectivity index is 1.81.